The SMILES string of the molecule is Cn1cc(-c2cnc3cnc(CC(=O)CN4CC[C@H](F)C4)cc3c2)cn1. The molecule has 1 aliphatic heterocycles. The number of pyridine rings is 2. The van der Waals surface area contributed by atoms with E-state index >= 15 is 0 Å². The van der Waals surface area contributed by atoms with Crippen molar-refractivity contribution in [1.82, 2.24) is 24.6 Å². The van der Waals surface area contributed by atoms with E-state index in [0.717, 1.165) is 22.0 Å². The lowest BCUT2D eigenvalue weighted by molar-refractivity contribution is -0.119. The van der Waals surface area contributed by atoms with Crippen LogP contribution in [0.5, 0.6) is 0 Å². The van der Waals surface area contributed by atoms with Crippen molar-refractivity contribution in [2.45, 2.75) is 19.0 Å². The van der Waals surface area contributed by atoms with E-state index in [1.165, 1.54) is 0 Å². The van der Waals surface area contributed by atoms with Crippen LogP contribution in [0.1, 0.15) is 12.1 Å². The third kappa shape index (κ3) is 3.62. The average molecular weight is 353 g/mol. The number of hydrogen-bond donors (Lipinski definition) is 0. The maximum Gasteiger partial charge on any atom is 0.152 e. The summed E-state index contributed by atoms with van der Waals surface area (Å²) in [5.74, 6) is 0.0577. The van der Waals surface area contributed by atoms with E-state index in [1.54, 1.807) is 23.3 Å². The lowest BCUT2D eigenvalue weighted by Gasteiger charge is -2.13. The molecule has 0 bridgehead atoms. The smallest absolute Gasteiger partial charge is 0.152 e. The monoisotopic (exact) mass is 353 g/mol. The standard InChI is InChI=1S/C19H20FN5O/c1-24-10-15(8-23-24)14-4-13-5-17(21-9-19(13)22-7-14)6-18(26)12-25-3-2-16(20)11-25/h4-5,7-10,16H,2-3,6,11-12H2,1H3/t16-/m0/s1. The molecule has 4 heterocycles. The van der Waals surface area contributed by atoms with Crippen molar-refractivity contribution in [2.24, 2.45) is 7.05 Å². The van der Waals surface area contributed by atoms with E-state index in [2.05, 4.69) is 15.1 Å². The maximum absolute atomic E-state index is 13.2. The number of ketones is 1. The fourth-order valence-corrected chi connectivity index (χ4v) is 3.34. The third-order valence-corrected chi connectivity index (χ3v) is 4.66. The van der Waals surface area contributed by atoms with Gasteiger partial charge in [-0.1, -0.05) is 0 Å². The molecule has 3 aromatic heterocycles. The van der Waals surface area contributed by atoms with Gasteiger partial charge < -0.3 is 0 Å². The number of fused-ring (bicyclic) bond motifs is 1. The van der Waals surface area contributed by atoms with E-state index in [4.69, 9.17) is 0 Å². The van der Waals surface area contributed by atoms with Crippen LogP contribution in [0.4, 0.5) is 4.39 Å². The van der Waals surface area contributed by atoms with Crippen molar-refractivity contribution in [1.29, 1.82) is 0 Å². The molecule has 134 valence electrons. The van der Waals surface area contributed by atoms with Gasteiger partial charge in [0.25, 0.3) is 0 Å². The molecule has 26 heavy (non-hydrogen) atoms. The topological polar surface area (TPSA) is 63.9 Å². The number of aryl methyl sites for hydroxylation is 1. The van der Waals surface area contributed by atoms with Crippen LogP contribution in [0, 0.1) is 0 Å². The molecular formula is C19H20FN5O. The number of carbonyl (C=O) groups excluding carboxylic acids is 1. The summed E-state index contributed by atoms with van der Waals surface area (Å²) in [6.07, 6.45) is 7.18. The summed E-state index contributed by atoms with van der Waals surface area (Å²) in [6, 6.07) is 3.94. The first-order chi connectivity index (χ1) is 12.6. The summed E-state index contributed by atoms with van der Waals surface area (Å²) in [4.78, 5) is 22.9. The molecule has 0 saturated carbocycles. The van der Waals surface area contributed by atoms with Crippen LogP contribution in [-0.4, -0.2) is 56.2 Å². The molecular weight excluding hydrogens is 333 g/mol. The Morgan fingerprint density at radius 1 is 1.23 bits per heavy atom. The number of alkyl halides is 1. The van der Waals surface area contributed by atoms with Crippen LogP contribution >= 0.6 is 0 Å². The Kier molecular flexibility index (Phi) is 4.46. The minimum Gasteiger partial charge on any atom is -0.298 e. The van der Waals surface area contributed by atoms with Gasteiger partial charge in [0.15, 0.2) is 5.78 Å². The van der Waals surface area contributed by atoms with E-state index in [9.17, 15) is 9.18 Å². The second-order valence-electron chi connectivity index (χ2n) is 6.83. The van der Waals surface area contributed by atoms with Crippen LogP contribution in [0.3, 0.4) is 0 Å². The average Bonchev–Trinajstić information content (AvgIpc) is 3.22. The van der Waals surface area contributed by atoms with Crippen molar-refractivity contribution in [3.8, 4) is 11.1 Å². The van der Waals surface area contributed by atoms with Gasteiger partial charge >= 0.3 is 0 Å². The maximum atomic E-state index is 13.2. The van der Waals surface area contributed by atoms with E-state index in [-0.39, 0.29) is 18.7 Å². The Hall–Kier alpha value is -2.67. The third-order valence-electron chi connectivity index (χ3n) is 4.66. The van der Waals surface area contributed by atoms with Crippen molar-refractivity contribution >= 4 is 16.7 Å². The highest BCUT2D eigenvalue weighted by Gasteiger charge is 2.23. The molecule has 0 aliphatic carbocycles. The number of aromatic nitrogens is 4. The minimum absolute atomic E-state index is 0.0577. The Balaban J connectivity index is 1.51. The zero-order valence-electron chi connectivity index (χ0n) is 14.6. The van der Waals surface area contributed by atoms with Gasteiger partial charge in [0, 0.05) is 54.7 Å². The molecule has 6 nitrogen and oxygen atoms in total. The fourth-order valence-electron chi connectivity index (χ4n) is 3.34. The van der Waals surface area contributed by atoms with Gasteiger partial charge in [-0.2, -0.15) is 5.10 Å². The normalized spacial score (nSPS) is 17.8. The second-order valence-corrected chi connectivity index (χ2v) is 6.83. The number of nitrogens with zero attached hydrogens (tertiary/aromatic N) is 5. The van der Waals surface area contributed by atoms with Crippen LogP contribution in [0.25, 0.3) is 22.0 Å². The van der Waals surface area contributed by atoms with E-state index in [0.29, 0.717) is 25.2 Å². The predicted molar refractivity (Wildman–Crippen MR) is 96.4 cm³/mol. The summed E-state index contributed by atoms with van der Waals surface area (Å²) >= 11 is 0. The van der Waals surface area contributed by atoms with Gasteiger partial charge in [0.1, 0.15) is 6.17 Å². The molecule has 0 spiro atoms. The Morgan fingerprint density at radius 2 is 2.12 bits per heavy atom. The number of rotatable bonds is 5. The highest BCUT2D eigenvalue weighted by atomic mass is 19.1. The van der Waals surface area contributed by atoms with Crippen LogP contribution in [-0.2, 0) is 18.3 Å². The van der Waals surface area contributed by atoms with Crippen molar-refractivity contribution in [3.05, 3.63) is 42.6 Å². The van der Waals surface area contributed by atoms with E-state index < -0.39 is 6.17 Å². The molecule has 0 N–H and O–H groups in total. The lowest BCUT2D eigenvalue weighted by atomic mass is 10.1. The number of hydrogen-bond acceptors (Lipinski definition) is 5. The predicted octanol–water partition coefficient (Wildman–Crippen LogP) is 2.19. The largest absolute Gasteiger partial charge is 0.298 e. The summed E-state index contributed by atoms with van der Waals surface area (Å²) in [5, 5.41) is 5.12. The van der Waals surface area contributed by atoms with Crippen LogP contribution < -0.4 is 0 Å². The van der Waals surface area contributed by atoms with Gasteiger partial charge in [-0.15, -0.1) is 0 Å². The Morgan fingerprint density at radius 3 is 2.85 bits per heavy atom. The zero-order valence-corrected chi connectivity index (χ0v) is 14.6. The lowest BCUT2D eigenvalue weighted by Crippen LogP contribution is -2.29. The molecule has 0 radical (unpaired) electrons. The molecule has 3 aromatic rings. The molecule has 1 atom stereocenters. The molecule has 0 amide bonds. The first-order valence-corrected chi connectivity index (χ1v) is 8.68. The number of likely N-dealkylation sites (tertiary alicyclic amines) is 1. The van der Waals surface area contributed by atoms with E-state index in [1.807, 2.05) is 30.3 Å². The summed E-state index contributed by atoms with van der Waals surface area (Å²) in [6.45, 7) is 1.29. The molecule has 0 aromatic carbocycles. The first kappa shape index (κ1) is 16.8. The van der Waals surface area contributed by atoms with Gasteiger partial charge in [0.05, 0.1) is 30.9 Å². The summed E-state index contributed by atoms with van der Waals surface area (Å²) in [5.41, 5.74) is 3.46. The van der Waals surface area contributed by atoms with Gasteiger partial charge in [-0.05, 0) is 18.6 Å². The van der Waals surface area contributed by atoms with Crippen molar-refractivity contribution in [2.75, 3.05) is 19.6 Å². The summed E-state index contributed by atoms with van der Waals surface area (Å²) in [7, 11) is 1.87. The number of halogens is 1. The molecule has 0 unspecified atom stereocenters. The zero-order chi connectivity index (χ0) is 18.1. The fraction of sp³-hybridized carbons (Fsp3) is 0.368. The van der Waals surface area contributed by atoms with Gasteiger partial charge in [-0.3, -0.25) is 24.3 Å². The first-order valence-electron chi connectivity index (χ1n) is 8.68. The number of carbonyl (C=O) groups is 1. The Labute approximate surface area is 150 Å². The highest BCUT2D eigenvalue weighted by molar-refractivity contribution is 5.86. The summed E-state index contributed by atoms with van der Waals surface area (Å²) < 4.78 is 15.0. The quantitative estimate of drug-likeness (QED) is 0.703. The van der Waals surface area contributed by atoms with Gasteiger partial charge in [0.2, 0.25) is 0 Å². The van der Waals surface area contributed by atoms with Crippen LogP contribution in [0.2, 0.25) is 0 Å². The molecule has 1 aliphatic rings. The molecule has 1 fully saturated rings. The molecule has 4 rings (SSSR count). The Bertz CT molecular complexity index is 954. The van der Waals surface area contributed by atoms with Crippen molar-refractivity contribution in [3.63, 3.8) is 0 Å². The number of Topliss-reactive ketones (excluding diaryl/α,β-unsaturated/α-hetero) is 1. The van der Waals surface area contributed by atoms with Gasteiger partial charge in [-0.25, -0.2) is 4.39 Å². The van der Waals surface area contributed by atoms with Crippen molar-refractivity contribution < 1.29 is 9.18 Å². The second kappa shape index (κ2) is 6.92. The van der Waals surface area contributed by atoms with Crippen LogP contribution in [0.15, 0.2) is 36.9 Å². The minimum atomic E-state index is -0.807. The molecule has 7 heteroatoms. The highest BCUT2D eigenvalue weighted by Crippen LogP contribution is 2.22. The molecule has 1 saturated heterocycles.